The van der Waals surface area contributed by atoms with Gasteiger partial charge in [-0.2, -0.15) is 0 Å². The first-order chi connectivity index (χ1) is 8.60. The Morgan fingerprint density at radius 2 is 2.06 bits per heavy atom. The number of likely N-dealkylation sites (N-methyl/N-ethyl adjacent to an activating group) is 1. The van der Waals surface area contributed by atoms with Crippen LogP contribution in [0.25, 0.3) is 0 Å². The van der Waals surface area contributed by atoms with Crippen LogP contribution in [0.15, 0.2) is 0 Å². The number of nitrogens with one attached hydrogen (secondary N) is 1. The molecule has 0 aromatic carbocycles. The lowest BCUT2D eigenvalue weighted by atomic mass is 9.87. The summed E-state index contributed by atoms with van der Waals surface area (Å²) in [4.78, 5) is 17.4. The zero-order chi connectivity index (χ0) is 12.8. The summed E-state index contributed by atoms with van der Waals surface area (Å²) in [5.74, 6) is 0.383. The van der Waals surface area contributed by atoms with Crippen molar-refractivity contribution in [1.29, 1.82) is 0 Å². The largest absolute Gasteiger partial charge is 0.341 e. The minimum atomic E-state index is -0.151. The predicted octanol–water partition coefficient (Wildman–Crippen LogP) is 0.681. The van der Waals surface area contributed by atoms with Crippen molar-refractivity contribution in [3.05, 3.63) is 0 Å². The maximum absolute atomic E-state index is 12.7. The SMILES string of the molecule is CN1C2CCC1CN(C(=O)C1(C)CCNC1)CC2. The first kappa shape index (κ1) is 12.4. The standard InChI is InChI=1S/C14H25N3O/c1-14(6-7-15-10-14)13(18)17-8-5-11-3-4-12(9-17)16(11)2/h11-12,15H,3-10H2,1-2H3. The Balaban J connectivity index is 1.71. The van der Waals surface area contributed by atoms with Gasteiger partial charge in [-0.25, -0.2) is 0 Å². The second kappa shape index (κ2) is 4.49. The molecule has 0 radical (unpaired) electrons. The summed E-state index contributed by atoms with van der Waals surface area (Å²) >= 11 is 0. The van der Waals surface area contributed by atoms with E-state index in [-0.39, 0.29) is 5.41 Å². The Morgan fingerprint density at radius 3 is 2.78 bits per heavy atom. The number of amides is 1. The quantitative estimate of drug-likeness (QED) is 0.744. The molecule has 3 saturated heterocycles. The van der Waals surface area contributed by atoms with Gasteiger partial charge in [0.1, 0.15) is 0 Å². The third-order valence-electron chi connectivity index (χ3n) is 5.32. The smallest absolute Gasteiger partial charge is 0.229 e. The van der Waals surface area contributed by atoms with E-state index in [0.29, 0.717) is 18.0 Å². The molecule has 0 saturated carbocycles. The van der Waals surface area contributed by atoms with E-state index < -0.39 is 0 Å². The summed E-state index contributed by atoms with van der Waals surface area (Å²) in [5.41, 5.74) is -0.151. The van der Waals surface area contributed by atoms with Gasteiger partial charge in [-0.15, -0.1) is 0 Å². The third-order valence-corrected chi connectivity index (χ3v) is 5.32. The van der Waals surface area contributed by atoms with Crippen molar-refractivity contribution in [3.8, 4) is 0 Å². The molecule has 0 aromatic heterocycles. The lowest BCUT2D eigenvalue weighted by molar-refractivity contribution is -0.140. The summed E-state index contributed by atoms with van der Waals surface area (Å²) in [5, 5.41) is 3.33. The van der Waals surface area contributed by atoms with Crippen LogP contribution in [0.5, 0.6) is 0 Å². The second-order valence-corrected chi connectivity index (χ2v) is 6.58. The molecule has 102 valence electrons. The summed E-state index contributed by atoms with van der Waals surface area (Å²) < 4.78 is 0. The number of nitrogens with zero attached hydrogens (tertiary/aromatic N) is 2. The highest BCUT2D eigenvalue weighted by Crippen LogP contribution is 2.32. The van der Waals surface area contributed by atoms with Crippen LogP contribution >= 0.6 is 0 Å². The number of carbonyl (C=O) groups excluding carboxylic acids is 1. The number of rotatable bonds is 1. The molecule has 3 aliphatic heterocycles. The molecule has 3 rings (SSSR count). The van der Waals surface area contributed by atoms with Gasteiger partial charge in [0.2, 0.25) is 5.91 Å². The molecular formula is C14H25N3O. The van der Waals surface area contributed by atoms with E-state index in [9.17, 15) is 4.79 Å². The molecule has 4 heteroatoms. The maximum atomic E-state index is 12.7. The van der Waals surface area contributed by atoms with Gasteiger partial charge in [0, 0.05) is 31.7 Å². The van der Waals surface area contributed by atoms with Crippen molar-refractivity contribution in [3.63, 3.8) is 0 Å². The molecule has 0 aliphatic carbocycles. The monoisotopic (exact) mass is 251 g/mol. The van der Waals surface area contributed by atoms with Crippen LogP contribution in [0.1, 0.15) is 32.6 Å². The van der Waals surface area contributed by atoms with Crippen LogP contribution in [0.2, 0.25) is 0 Å². The van der Waals surface area contributed by atoms with Crippen LogP contribution in [0.4, 0.5) is 0 Å². The van der Waals surface area contributed by atoms with Gasteiger partial charge in [-0.05, 0) is 46.2 Å². The predicted molar refractivity (Wildman–Crippen MR) is 71.4 cm³/mol. The highest BCUT2D eigenvalue weighted by atomic mass is 16.2. The van der Waals surface area contributed by atoms with Gasteiger partial charge >= 0.3 is 0 Å². The van der Waals surface area contributed by atoms with Gasteiger partial charge < -0.3 is 10.2 Å². The van der Waals surface area contributed by atoms with E-state index in [1.807, 2.05) is 0 Å². The van der Waals surface area contributed by atoms with E-state index in [0.717, 1.165) is 39.0 Å². The van der Waals surface area contributed by atoms with Crippen LogP contribution in [0, 0.1) is 5.41 Å². The molecule has 3 unspecified atom stereocenters. The molecule has 3 fully saturated rings. The van der Waals surface area contributed by atoms with Crippen LogP contribution in [0.3, 0.4) is 0 Å². The zero-order valence-corrected chi connectivity index (χ0v) is 11.6. The first-order valence-corrected chi connectivity index (χ1v) is 7.32. The number of likely N-dealkylation sites (tertiary alicyclic amines) is 1. The fraction of sp³-hybridized carbons (Fsp3) is 0.929. The Bertz CT molecular complexity index is 338. The van der Waals surface area contributed by atoms with Crippen LogP contribution in [-0.4, -0.2) is 61.0 Å². The molecule has 3 atom stereocenters. The summed E-state index contributed by atoms with van der Waals surface area (Å²) in [6.07, 6.45) is 4.73. The maximum Gasteiger partial charge on any atom is 0.229 e. The molecule has 3 aliphatic rings. The number of carbonyl (C=O) groups is 1. The summed E-state index contributed by atoms with van der Waals surface area (Å²) in [7, 11) is 2.23. The lowest BCUT2D eigenvalue weighted by Gasteiger charge is -2.32. The van der Waals surface area contributed by atoms with E-state index in [4.69, 9.17) is 0 Å². The van der Waals surface area contributed by atoms with Crippen molar-refractivity contribution in [2.45, 2.75) is 44.7 Å². The van der Waals surface area contributed by atoms with Crippen molar-refractivity contribution < 1.29 is 4.79 Å². The molecular weight excluding hydrogens is 226 g/mol. The Kier molecular flexibility index (Phi) is 3.10. The molecule has 3 heterocycles. The minimum Gasteiger partial charge on any atom is -0.341 e. The molecule has 1 amide bonds. The topological polar surface area (TPSA) is 35.6 Å². The average Bonchev–Trinajstić information content (AvgIpc) is 2.85. The Labute approximate surface area is 110 Å². The normalized spacial score (nSPS) is 41.1. The zero-order valence-electron chi connectivity index (χ0n) is 11.6. The number of fused-ring (bicyclic) bond motifs is 2. The fourth-order valence-corrected chi connectivity index (χ4v) is 3.87. The van der Waals surface area contributed by atoms with Crippen LogP contribution < -0.4 is 5.32 Å². The first-order valence-electron chi connectivity index (χ1n) is 7.32. The highest BCUT2D eigenvalue weighted by molar-refractivity contribution is 5.83. The molecule has 0 aromatic rings. The Morgan fingerprint density at radius 1 is 1.28 bits per heavy atom. The minimum absolute atomic E-state index is 0.151. The molecule has 1 N–H and O–H groups in total. The lowest BCUT2D eigenvalue weighted by Crippen LogP contribution is -2.47. The molecule has 18 heavy (non-hydrogen) atoms. The molecule has 4 nitrogen and oxygen atoms in total. The van der Waals surface area contributed by atoms with Gasteiger partial charge in [0.15, 0.2) is 0 Å². The highest BCUT2D eigenvalue weighted by Gasteiger charge is 2.42. The van der Waals surface area contributed by atoms with Crippen molar-refractivity contribution >= 4 is 5.91 Å². The van der Waals surface area contributed by atoms with Crippen molar-refractivity contribution in [2.75, 3.05) is 33.2 Å². The summed E-state index contributed by atoms with van der Waals surface area (Å²) in [6, 6.07) is 1.31. The third kappa shape index (κ3) is 1.95. The van der Waals surface area contributed by atoms with Crippen molar-refractivity contribution in [2.24, 2.45) is 5.41 Å². The molecule has 2 bridgehead atoms. The van der Waals surface area contributed by atoms with E-state index in [1.165, 1.54) is 12.8 Å². The number of hydrogen-bond donors (Lipinski definition) is 1. The second-order valence-electron chi connectivity index (χ2n) is 6.58. The Hall–Kier alpha value is -0.610. The van der Waals surface area contributed by atoms with Gasteiger partial charge in [0.05, 0.1) is 5.41 Å². The summed E-state index contributed by atoms with van der Waals surface area (Å²) in [6.45, 7) is 5.87. The van der Waals surface area contributed by atoms with Crippen LogP contribution in [-0.2, 0) is 4.79 Å². The van der Waals surface area contributed by atoms with Crippen molar-refractivity contribution in [1.82, 2.24) is 15.1 Å². The fourth-order valence-electron chi connectivity index (χ4n) is 3.87. The van der Waals surface area contributed by atoms with Gasteiger partial charge in [-0.1, -0.05) is 0 Å². The van der Waals surface area contributed by atoms with E-state index in [2.05, 4.69) is 29.1 Å². The van der Waals surface area contributed by atoms with Gasteiger partial charge in [-0.3, -0.25) is 9.69 Å². The average molecular weight is 251 g/mol. The molecule has 0 spiro atoms. The van der Waals surface area contributed by atoms with E-state index in [1.54, 1.807) is 0 Å². The van der Waals surface area contributed by atoms with Gasteiger partial charge in [0.25, 0.3) is 0 Å². The van der Waals surface area contributed by atoms with E-state index >= 15 is 0 Å². The number of hydrogen-bond acceptors (Lipinski definition) is 3.